The first-order chi connectivity index (χ1) is 11.0. The number of aromatic nitrogens is 3. The molecule has 0 spiro atoms. The molecule has 0 fully saturated rings. The molecule has 0 amide bonds. The third-order valence-electron chi connectivity index (χ3n) is 3.51. The zero-order valence-electron chi connectivity index (χ0n) is 12.9. The highest BCUT2D eigenvalue weighted by Crippen LogP contribution is 2.19. The fourth-order valence-electron chi connectivity index (χ4n) is 2.18. The van der Waals surface area contributed by atoms with E-state index in [1.54, 1.807) is 12.1 Å². The van der Waals surface area contributed by atoms with Crippen molar-refractivity contribution >= 4 is 23.5 Å². The van der Waals surface area contributed by atoms with Crippen LogP contribution in [0.25, 0.3) is 0 Å². The third kappa shape index (κ3) is 3.06. The molecule has 6 nitrogen and oxygen atoms in total. The summed E-state index contributed by atoms with van der Waals surface area (Å²) in [6.45, 7) is 3.93. The topological polar surface area (TPSA) is 85.8 Å². The van der Waals surface area contributed by atoms with Gasteiger partial charge in [0, 0.05) is 11.3 Å². The minimum atomic E-state index is -0.312. The molecule has 0 aliphatic carbocycles. The van der Waals surface area contributed by atoms with Crippen LogP contribution < -0.4 is 11.1 Å². The molecular formula is C17H17N5O. The summed E-state index contributed by atoms with van der Waals surface area (Å²) in [5.41, 5.74) is 9.33. The van der Waals surface area contributed by atoms with Gasteiger partial charge in [0.2, 0.25) is 11.9 Å². The van der Waals surface area contributed by atoms with E-state index in [-0.39, 0.29) is 17.8 Å². The standard InChI is InChI=1S/C17H17N5O/c1-11-7-9-13(10-8-11)15(23)22-16(18)20-17(21-22)19-14-6-4-3-5-12(14)2/h3-10H,1-2H3,(H3,18,19,20,21). The molecule has 3 aromatic rings. The van der Waals surface area contributed by atoms with Crippen molar-refractivity contribution in [2.75, 3.05) is 11.1 Å². The lowest BCUT2D eigenvalue weighted by Gasteiger charge is -2.04. The second-order valence-electron chi connectivity index (χ2n) is 5.32. The Morgan fingerprint density at radius 3 is 2.48 bits per heavy atom. The maximum absolute atomic E-state index is 12.5. The number of aryl methyl sites for hydroxylation is 2. The van der Waals surface area contributed by atoms with Crippen LogP contribution in [0, 0.1) is 13.8 Å². The SMILES string of the molecule is Cc1ccc(C(=O)n2nc(Nc3ccccc3C)nc2N)cc1. The van der Waals surface area contributed by atoms with Gasteiger partial charge in [-0.25, -0.2) is 0 Å². The van der Waals surface area contributed by atoms with Crippen molar-refractivity contribution in [3.8, 4) is 0 Å². The number of anilines is 3. The number of nitrogens with one attached hydrogen (secondary N) is 1. The van der Waals surface area contributed by atoms with Gasteiger partial charge in [0.25, 0.3) is 5.91 Å². The number of carbonyl (C=O) groups excluding carboxylic acids is 1. The summed E-state index contributed by atoms with van der Waals surface area (Å²) in [5.74, 6) is 0.0248. The van der Waals surface area contributed by atoms with Gasteiger partial charge in [-0.1, -0.05) is 35.9 Å². The number of nitrogens with two attached hydrogens (primary N) is 1. The summed E-state index contributed by atoms with van der Waals surface area (Å²) in [6, 6.07) is 15.0. The Morgan fingerprint density at radius 1 is 1.09 bits per heavy atom. The van der Waals surface area contributed by atoms with E-state index in [2.05, 4.69) is 15.4 Å². The maximum atomic E-state index is 12.5. The van der Waals surface area contributed by atoms with Crippen LogP contribution in [0.15, 0.2) is 48.5 Å². The van der Waals surface area contributed by atoms with E-state index in [1.807, 2.05) is 50.2 Å². The molecule has 0 unspecified atom stereocenters. The summed E-state index contributed by atoms with van der Waals surface area (Å²) in [7, 11) is 0. The van der Waals surface area contributed by atoms with E-state index in [1.165, 1.54) is 0 Å². The van der Waals surface area contributed by atoms with Crippen LogP contribution in [0.3, 0.4) is 0 Å². The van der Waals surface area contributed by atoms with Gasteiger partial charge in [-0.2, -0.15) is 9.67 Å². The molecule has 0 aliphatic rings. The highest BCUT2D eigenvalue weighted by atomic mass is 16.2. The maximum Gasteiger partial charge on any atom is 0.281 e. The van der Waals surface area contributed by atoms with Gasteiger partial charge in [-0.3, -0.25) is 4.79 Å². The van der Waals surface area contributed by atoms with Gasteiger partial charge in [0.05, 0.1) is 0 Å². The molecule has 1 heterocycles. The number of nitrogens with zero attached hydrogens (tertiary/aromatic N) is 3. The first-order valence-corrected chi connectivity index (χ1v) is 7.21. The zero-order chi connectivity index (χ0) is 16.4. The van der Waals surface area contributed by atoms with Crippen LogP contribution in [0.4, 0.5) is 17.6 Å². The number of rotatable bonds is 3. The molecule has 0 atom stereocenters. The Morgan fingerprint density at radius 2 is 1.78 bits per heavy atom. The van der Waals surface area contributed by atoms with Crippen LogP contribution in [0.5, 0.6) is 0 Å². The summed E-state index contributed by atoms with van der Waals surface area (Å²) in [5, 5.41) is 7.24. The molecule has 3 N–H and O–H groups in total. The summed E-state index contributed by atoms with van der Waals surface area (Å²) >= 11 is 0. The molecule has 6 heteroatoms. The van der Waals surface area contributed by atoms with Crippen LogP contribution in [-0.4, -0.2) is 20.7 Å². The predicted octanol–water partition coefficient (Wildman–Crippen LogP) is 2.91. The van der Waals surface area contributed by atoms with E-state index in [9.17, 15) is 4.79 Å². The van der Waals surface area contributed by atoms with Gasteiger partial charge >= 0.3 is 0 Å². The zero-order valence-corrected chi connectivity index (χ0v) is 12.9. The second kappa shape index (κ2) is 5.92. The van der Waals surface area contributed by atoms with Gasteiger partial charge in [-0.15, -0.1) is 5.10 Å². The monoisotopic (exact) mass is 307 g/mol. The van der Waals surface area contributed by atoms with Crippen LogP contribution in [-0.2, 0) is 0 Å². The lowest BCUT2D eigenvalue weighted by atomic mass is 10.1. The van der Waals surface area contributed by atoms with Crippen molar-refractivity contribution in [1.82, 2.24) is 14.8 Å². The molecule has 0 saturated heterocycles. The van der Waals surface area contributed by atoms with Gasteiger partial charge in [0.15, 0.2) is 0 Å². The molecule has 116 valence electrons. The summed E-state index contributed by atoms with van der Waals surface area (Å²) < 4.78 is 1.10. The first-order valence-electron chi connectivity index (χ1n) is 7.21. The molecule has 0 aliphatic heterocycles. The van der Waals surface area contributed by atoms with Crippen molar-refractivity contribution in [3.63, 3.8) is 0 Å². The number of para-hydroxylation sites is 1. The van der Waals surface area contributed by atoms with Gasteiger partial charge < -0.3 is 11.1 Å². The quantitative estimate of drug-likeness (QED) is 0.777. The highest BCUT2D eigenvalue weighted by Gasteiger charge is 2.16. The number of hydrogen-bond acceptors (Lipinski definition) is 5. The van der Waals surface area contributed by atoms with Gasteiger partial charge in [0.1, 0.15) is 0 Å². The van der Waals surface area contributed by atoms with E-state index in [0.29, 0.717) is 5.56 Å². The predicted molar refractivity (Wildman–Crippen MR) is 89.8 cm³/mol. The minimum absolute atomic E-state index is 0.0478. The molecule has 0 bridgehead atoms. The minimum Gasteiger partial charge on any atom is -0.368 e. The molecule has 2 aromatic carbocycles. The average molecular weight is 307 g/mol. The smallest absolute Gasteiger partial charge is 0.281 e. The molecular weight excluding hydrogens is 290 g/mol. The van der Waals surface area contributed by atoms with E-state index >= 15 is 0 Å². The van der Waals surface area contributed by atoms with E-state index in [0.717, 1.165) is 21.5 Å². The summed E-state index contributed by atoms with van der Waals surface area (Å²) in [6.07, 6.45) is 0. The molecule has 23 heavy (non-hydrogen) atoms. The number of carbonyl (C=O) groups is 1. The third-order valence-corrected chi connectivity index (χ3v) is 3.51. The fourth-order valence-corrected chi connectivity index (χ4v) is 2.18. The van der Waals surface area contributed by atoms with Crippen LogP contribution >= 0.6 is 0 Å². The number of nitrogen functional groups attached to an aromatic ring is 1. The van der Waals surface area contributed by atoms with Crippen molar-refractivity contribution in [3.05, 3.63) is 65.2 Å². The number of benzene rings is 2. The first kappa shape index (κ1) is 14.8. The average Bonchev–Trinajstić information content (AvgIpc) is 2.90. The molecule has 3 rings (SSSR count). The largest absolute Gasteiger partial charge is 0.368 e. The normalized spacial score (nSPS) is 10.5. The van der Waals surface area contributed by atoms with Crippen molar-refractivity contribution in [2.24, 2.45) is 0 Å². The second-order valence-corrected chi connectivity index (χ2v) is 5.32. The lowest BCUT2D eigenvalue weighted by Crippen LogP contribution is -2.16. The lowest BCUT2D eigenvalue weighted by molar-refractivity contribution is 0.0948. The van der Waals surface area contributed by atoms with Crippen molar-refractivity contribution in [1.29, 1.82) is 0 Å². The Kier molecular flexibility index (Phi) is 3.80. The van der Waals surface area contributed by atoms with Crippen LogP contribution in [0.2, 0.25) is 0 Å². The Bertz CT molecular complexity index is 852. The Hall–Kier alpha value is -3.15. The fraction of sp³-hybridized carbons (Fsp3) is 0.118. The van der Waals surface area contributed by atoms with Crippen molar-refractivity contribution < 1.29 is 4.79 Å². The Labute approximate surface area is 134 Å². The number of hydrogen-bond donors (Lipinski definition) is 2. The van der Waals surface area contributed by atoms with E-state index in [4.69, 9.17) is 5.73 Å². The Balaban J connectivity index is 1.87. The molecule has 1 aromatic heterocycles. The summed E-state index contributed by atoms with van der Waals surface area (Å²) in [4.78, 5) is 16.6. The van der Waals surface area contributed by atoms with Crippen molar-refractivity contribution in [2.45, 2.75) is 13.8 Å². The highest BCUT2D eigenvalue weighted by molar-refractivity contribution is 5.96. The van der Waals surface area contributed by atoms with Crippen LogP contribution in [0.1, 0.15) is 21.5 Å². The van der Waals surface area contributed by atoms with Gasteiger partial charge in [-0.05, 0) is 37.6 Å². The molecule has 0 saturated carbocycles. The molecule has 0 radical (unpaired) electrons. The van der Waals surface area contributed by atoms with E-state index < -0.39 is 0 Å².